The Morgan fingerprint density at radius 1 is 1.19 bits per heavy atom. The van der Waals surface area contributed by atoms with Crippen LogP contribution in [0, 0.1) is 5.82 Å². The summed E-state index contributed by atoms with van der Waals surface area (Å²) in [6, 6.07) is 12.8. The smallest absolute Gasteiger partial charge is 0.124 e. The van der Waals surface area contributed by atoms with E-state index in [-0.39, 0.29) is 5.82 Å². The summed E-state index contributed by atoms with van der Waals surface area (Å²) in [7, 11) is 1.69. The van der Waals surface area contributed by atoms with Gasteiger partial charge in [-0.1, -0.05) is 39.8 Å². The largest absolute Gasteiger partial charge is 0.383 e. The molecule has 2 aromatic carbocycles. The van der Waals surface area contributed by atoms with Gasteiger partial charge in [0.05, 0.1) is 6.61 Å². The molecule has 2 aromatic rings. The lowest BCUT2D eigenvalue weighted by Crippen LogP contribution is -2.18. The maximum atomic E-state index is 13.2. The number of benzene rings is 2. The molecule has 0 unspecified atom stereocenters. The van der Waals surface area contributed by atoms with Crippen molar-refractivity contribution in [1.29, 1.82) is 0 Å². The predicted molar refractivity (Wildman–Crippen MR) is 88.2 cm³/mol. The fraction of sp³-hybridized carbons (Fsp3) is 0.250. The molecule has 0 fully saturated rings. The van der Waals surface area contributed by atoms with Gasteiger partial charge in [-0.05, 0) is 35.9 Å². The summed E-state index contributed by atoms with van der Waals surface area (Å²) in [5.74, 6) is -0.210. The van der Waals surface area contributed by atoms with Crippen LogP contribution in [0.15, 0.2) is 56.7 Å². The number of nitrogens with one attached hydrogen (secondary N) is 1. The first-order valence-corrected chi connectivity index (χ1v) is 8.21. The van der Waals surface area contributed by atoms with Gasteiger partial charge in [0.15, 0.2) is 0 Å². The second-order valence-corrected chi connectivity index (χ2v) is 6.48. The van der Waals surface area contributed by atoms with E-state index in [0.29, 0.717) is 6.61 Å². The number of halogens is 2. The first-order chi connectivity index (χ1) is 10.2. The third-order valence-corrected chi connectivity index (χ3v) is 4.57. The minimum absolute atomic E-state index is 0.210. The second kappa shape index (κ2) is 8.54. The van der Waals surface area contributed by atoms with E-state index in [1.165, 1.54) is 11.6 Å². The van der Waals surface area contributed by atoms with Gasteiger partial charge in [0, 0.05) is 34.5 Å². The summed E-state index contributed by atoms with van der Waals surface area (Å²) in [6.45, 7) is 2.31. The Labute approximate surface area is 137 Å². The minimum Gasteiger partial charge on any atom is -0.383 e. The highest BCUT2D eigenvalue weighted by Crippen LogP contribution is 2.31. The zero-order valence-electron chi connectivity index (χ0n) is 11.7. The molecule has 5 heteroatoms. The Morgan fingerprint density at radius 2 is 2.00 bits per heavy atom. The lowest BCUT2D eigenvalue weighted by atomic mass is 10.2. The van der Waals surface area contributed by atoms with Crippen LogP contribution < -0.4 is 5.32 Å². The van der Waals surface area contributed by atoms with E-state index in [0.717, 1.165) is 27.4 Å². The highest BCUT2D eigenvalue weighted by Gasteiger charge is 2.04. The Kier molecular flexibility index (Phi) is 6.70. The van der Waals surface area contributed by atoms with Crippen molar-refractivity contribution in [3.63, 3.8) is 0 Å². The van der Waals surface area contributed by atoms with Gasteiger partial charge in [-0.15, -0.1) is 0 Å². The second-order valence-electron chi connectivity index (χ2n) is 4.48. The highest BCUT2D eigenvalue weighted by molar-refractivity contribution is 9.10. The summed E-state index contributed by atoms with van der Waals surface area (Å²) >= 11 is 5.13. The van der Waals surface area contributed by atoms with Crippen LogP contribution in [0.2, 0.25) is 0 Å². The van der Waals surface area contributed by atoms with Crippen molar-refractivity contribution < 1.29 is 9.13 Å². The molecule has 0 radical (unpaired) electrons. The molecule has 0 aliphatic carbocycles. The molecule has 2 rings (SSSR count). The normalized spacial score (nSPS) is 10.8. The average Bonchev–Trinajstić information content (AvgIpc) is 2.45. The molecule has 0 aliphatic heterocycles. The Balaban J connectivity index is 1.98. The number of hydrogen-bond acceptors (Lipinski definition) is 3. The van der Waals surface area contributed by atoms with Crippen molar-refractivity contribution in [2.75, 3.05) is 20.3 Å². The fourth-order valence-electron chi connectivity index (χ4n) is 1.80. The first-order valence-electron chi connectivity index (χ1n) is 6.60. The van der Waals surface area contributed by atoms with E-state index in [2.05, 4.69) is 33.4 Å². The van der Waals surface area contributed by atoms with Crippen LogP contribution in [-0.2, 0) is 11.3 Å². The molecular weight excluding hydrogens is 353 g/mol. The van der Waals surface area contributed by atoms with Gasteiger partial charge in [-0.3, -0.25) is 0 Å². The van der Waals surface area contributed by atoms with Gasteiger partial charge < -0.3 is 10.1 Å². The van der Waals surface area contributed by atoms with Crippen LogP contribution in [-0.4, -0.2) is 20.3 Å². The van der Waals surface area contributed by atoms with E-state index < -0.39 is 0 Å². The molecule has 0 saturated carbocycles. The molecule has 0 saturated heterocycles. The SMILES string of the molecule is COCCNCc1ccc(Sc2cccc(F)c2)cc1Br. The molecule has 0 atom stereocenters. The van der Waals surface area contributed by atoms with Gasteiger partial charge in [0.25, 0.3) is 0 Å². The van der Waals surface area contributed by atoms with Gasteiger partial charge in [-0.2, -0.15) is 0 Å². The summed E-state index contributed by atoms with van der Waals surface area (Å²) in [5.41, 5.74) is 1.19. The van der Waals surface area contributed by atoms with E-state index >= 15 is 0 Å². The molecule has 0 aliphatic rings. The molecule has 112 valence electrons. The summed E-state index contributed by atoms with van der Waals surface area (Å²) in [4.78, 5) is 1.97. The Morgan fingerprint density at radius 3 is 2.71 bits per heavy atom. The third kappa shape index (κ3) is 5.43. The van der Waals surface area contributed by atoms with Gasteiger partial charge >= 0.3 is 0 Å². The Hall–Kier alpha value is -0.880. The minimum atomic E-state index is -0.210. The lowest BCUT2D eigenvalue weighted by molar-refractivity contribution is 0.199. The maximum absolute atomic E-state index is 13.2. The van der Waals surface area contributed by atoms with Crippen molar-refractivity contribution in [1.82, 2.24) is 5.32 Å². The number of hydrogen-bond donors (Lipinski definition) is 1. The monoisotopic (exact) mass is 369 g/mol. The Bertz CT molecular complexity index is 594. The molecule has 0 spiro atoms. The van der Waals surface area contributed by atoms with Crippen LogP contribution in [0.4, 0.5) is 4.39 Å². The van der Waals surface area contributed by atoms with Crippen LogP contribution in [0.5, 0.6) is 0 Å². The molecule has 1 N–H and O–H groups in total. The van der Waals surface area contributed by atoms with Crippen LogP contribution in [0.1, 0.15) is 5.56 Å². The highest BCUT2D eigenvalue weighted by atomic mass is 79.9. The van der Waals surface area contributed by atoms with Crippen molar-refractivity contribution in [2.45, 2.75) is 16.3 Å². The molecule has 0 aromatic heterocycles. The van der Waals surface area contributed by atoms with Crippen molar-refractivity contribution >= 4 is 27.7 Å². The predicted octanol–water partition coefficient (Wildman–Crippen LogP) is 4.48. The molecule has 0 heterocycles. The van der Waals surface area contributed by atoms with Crippen molar-refractivity contribution in [2.24, 2.45) is 0 Å². The van der Waals surface area contributed by atoms with Gasteiger partial charge in [0.2, 0.25) is 0 Å². The fourth-order valence-corrected chi connectivity index (χ4v) is 3.37. The molecular formula is C16H17BrFNOS. The van der Waals surface area contributed by atoms with E-state index in [1.54, 1.807) is 31.0 Å². The van der Waals surface area contributed by atoms with E-state index in [1.807, 2.05) is 12.1 Å². The third-order valence-electron chi connectivity index (χ3n) is 2.85. The van der Waals surface area contributed by atoms with Crippen LogP contribution in [0.3, 0.4) is 0 Å². The molecule has 0 amide bonds. The van der Waals surface area contributed by atoms with Crippen molar-refractivity contribution in [3.8, 4) is 0 Å². The molecule has 0 bridgehead atoms. The summed E-state index contributed by atoms with van der Waals surface area (Å²) in [6.07, 6.45) is 0. The van der Waals surface area contributed by atoms with Crippen LogP contribution >= 0.6 is 27.7 Å². The van der Waals surface area contributed by atoms with Gasteiger partial charge in [-0.25, -0.2) is 4.39 Å². The number of rotatable bonds is 7. The zero-order chi connectivity index (χ0) is 15.1. The summed E-state index contributed by atoms with van der Waals surface area (Å²) < 4.78 is 19.2. The topological polar surface area (TPSA) is 21.3 Å². The van der Waals surface area contributed by atoms with Crippen molar-refractivity contribution in [3.05, 3.63) is 58.3 Å². The van der Waals surface area contributed by atoms with E-state index in [4.69, 9.17) is 4.74 Å². The quantitative estimate of drug-likeness (QED) is 0.727. The van der Waals surface area contributed by atoms with E-state index in [9.17, 15) is 4.39 Å². The summed E-state index contributed by atoms with van der Waals surface area (Å²) in [5, 5.41) is 3.31. The number of ether oxygens (including phenoxy) is 1. The molecule has 2 nitrogen and oxygen atoms in total. The van der Waals surface area contributed by atoms with Gasteiger partial charge in [0.1, 0.15) is 5.82 Å². The first kappa shape index (κ1) is 16.5. The molecule has 21 heavy (non-hydrogen) atoms. The average molecular weight is 370 g/mol. The zero-order valence-corrected chi connectivity index (χ0v) is 14.1. The number of methoxy groups -OCH3 is 1. The lowest BCUT2D eigenvalue weighted by Gasteiger charge is -2.09. The van der Waals surface area contributed by atoms with Crippen LogP contribution in [0.25, 0.3) is 0 Å². The maximum Gasteiger partial charge on any atom is 0.124 e. The standard InChI is InChI=1S/C16H17BrFNOS/c1-20-8-7-19-11-12-5-6-15(10-16(12)17)21-14-4-2-3-13(18)9-14/h2-6,9-10,19H,7-8,11H2,1H3.